The number of likely N-dealkylation sites (tertiary alicyclic amines) is 1. The molecule has 2 atom stereocenters. The highest BCUT2D eigenvalue weighted by atomic mass is 19.1. The number of aromatic nitrogens is 2. The lowest BCUT2D eigenvalue weighted by Crippen LogP contribution is -2.25. The summed E-state index contributed by atoms with van der Waals surface area (Å²) in [6.07, 6.45) is -0.0462. The van der Waals surface area contributed by atoms with Gasteiger partial charge in [0.05, 0.1) is 23.8 Å². The molecule has 0 spiro atoms. The van der Waals surface area contributed by atoms with Crippen molar-refractivity contribution < 1.29 is 13.9 Å². The molecule has 7 heteroatoms. The summed E-state index contributed by atoms with van der Waals surface area (Å²) in [5.41, 5.74) is 1.00. The van der Waals surface area contributed by atoms with Crippen molar-refractivity contribution in [2.45, 2.75) is 32.0 Å². The van der Waals surface area contributed by atoms with Gasteiger partial charge in [-0.1, -0.05) is 0 Å². The van der Waals surface area contributed by atoms with Gasteiger partial charge in [0.25, 0.3) is 0 Å². The van der Waals surface area contributed by atoms with E-state index in [1.165, 1.54) is 18.2 Å². The molecule has 6 nitrogen and oxygen atoms in total. The Hall–Kier alpha value is -2.30. The van der Waals surface area contributed by atoms with Crippen LogP contribution in [0.5, 0.6) is 0 Å². The third-order valence-corrected chi connectivity index (χ3v) is 3.77. The summed E-state index contributed by atoms with van der Waals surface area (Å²) >= 11 is 0. The van der Waals surface area contributed by atoms with E-state index in [0.29, 0.717) is 42.4 Å². The van der Waals surface area contributed by atoms with Gasteiger partial charge in [0.15, 0.2) is 0 Å². The summed E-state index contributed by atoms with van der Waals surface area (Å²) in [4.78, 5) is 1.92. The standard InChI is InChI=1S/C15H15FN4O2/c1-9-18-19-15(22-9)14-5-13(21)8-20(14)7-11-4-12(16)3-2-10(11)6-17/h2-4,13-14,21H,5,7-8H2,1H3/t13-,14-/m1/s1. The highest BCUT2D eigenvalue weighted by Gasteiger charge is 2.35. The first-order valence-corrected chi connectivity index (χ1v) is 6.97. The van der Waals surface area contributed by atoms with Crippen LogP contribution in [0.2, 0.25) is 0 Å². The molecule has 0 radical (unpaired) electrons. The van der Waals surface area contributed by atoms with Crippen LogP contribution in [0.15, 0.2) is 22.6 Å². The smallest absolute Gasteiger partial charge is 0.233 e. The van der Waals surface area contributed by atoms with Crippen LogP contribution in [-0.4, -0.2) is 32.9 Å². The molecule has 2 heterocycles. The number of rotatable bonds is 3. The van der Waals surface area contributed by atoms with E-state index in [-0.39, 0.29) is 11.9 Å². The Balaban J connectivity index is 1.87. The Morgan fingerprint density at radius 3 is 3.00 bits per heavy atom. The van der Waals surface area contributed by atoms with Gasteiger partial charge in [-0.05, 0) is 30.2 Å². The van der Waals surface area contributed by atoms with Crippen molar-refractivity contribution in [1.82, 2.24) is 15.1 Å². The summed E-state index contributed by atoms with van der Waals surface area (Å²) in [6.45, 7) is 2.45. The second kappa shape index (κ2) is 5.83. The number of hydrogen-bond acceptors (Lipinski definition) is 6. The van der Waals surface area contributed by atoms with Crippen molar-refractivity contribution in [3.63, 3.8) is 0 Å². The highest BCUT2D eigenvalue weighted by molar-refractivity contribution is 5.38. The third-order valence-electron chi connectivity index (χ3n) is 3.77. The van der Waals surface area contributed by atoms with Gasteiger partial charge >= 0.3 is 0 Å². The van der Waals surface area contributed by atoms with Gasteiger partial charge in [-0.15, -0.1) is 10.2 Å². The van der Waals surface area contributed by atoms with Crippen molar-refractivity contribution in [2.75, 3.05) is 6.54 Å². The van der Waals surface area contributed by atoms with E-state index >= 15 is 0 Å². The Bertz CT molecular complexity index is 725. The van der Waals surface area contributed by atoms with Crippen molar-refractivity contribution in [3.8, 4) is 6.07 Å². The molecule has 1 aliphatic heterocycles. The number of nitriles is 1. The first-order chi connectivity index (χ1) is 10.6. The number of aryl methyl sites for hydroxylation is 1. The number of aliphatic hydroxyl groups excluding tert-OH is 1. The van der Waals surface area contributed by atoms with Crippen LogP contribution < -0.4 is 0 Å². The quantitative estimate of drug-likeness (QED) is 0.928. The average molecular weight is 302 g/mol. The zero-order chi connectivity index (χ0) is 15.7. The lowest BCUT2D eigenvalue weighted by Gasteiger charge is -2.21. The summed E-state index contributed by atoms with van der Waals surface area (Å²) in [7, 11) is 0. The Morgan fingerprint density at radius 1 is 1.50 bits per heavy atom. The Labute approximate surface area is 126 Å². The number of benzene rings is 1. The molecule has 0 aliphatic carbocycles. The Kier molecular flexibility index (Phi) is 3.88. The van der Waals surface area contributed by atoms with Crippen molar-refractivity contribution >= 4 is 0 Å². The van der Waals surface area contributed by atoms with Crippen LogP contribution in [-0.2, 0) is 6.54 Å². The number of halogens is 1. The molecule has 0 amide bonds. The lowest BCUT2D eigenvalue weighted by atomic mass is 10.1. The second-order valence-electron chi connectivity index (χ2n) is 5.41. The first-order valence-electron chi connectivity index (χ1n) is 6.97. The predicted octanol–water partition coefficient (Wildman–Crippen LogP) is 1.70. The zero-order valence-electron chi connectivity index (χ0n) is 12.0. The third kappa shape index (κ3) is 2.84. The van der Waals surface area contributed by atoms with Gasteiger partial charge in [-0.25, -0.2) is 4.39 Å². The van der Waals surface area contributed by atoms with Crippen LogP contribution in [0.3, 0.4) is 0 Å². The van der Waals surface area contributed by atoms with E-state index < -0.39 is 6.10 Å². The minimum Gasteiger partial charge on any atom is -0.424 e. The maximum Gasteiger partial charge on any atom is 0.233 e. The number of aliphatic hydroxyl groups is 1. The van der Waals surface area contributed by atoms with Crippen LogP contribution >= 0.6 is 0 Å². The molecule has 0 bridgehead atoms. The molecule has 0 saturated carbocycles. The van der Waals surface area contributed by atoms with Gasteiger partial charge in [-0.3, -0.25) is 4.90 Å². The monoisotopic (exact) mass is 302 g/mol. The average Bonchev–Trinajstić information content (AvgIpc) is 3.05. The predicted molar refractivity (Wildman–Crippen MR) is 73.9 cm³/mol. The molecule has 1 fully saturated rings. The summed E-state index contributed by atoms with van der Waals surface area (Å²) < 4.78 is 18.9. The van der Waals surface area contributed by atoms with E-state index in [9.17, 15) is 9.50 Å². The van der Waals surface area contributed by atoms with Crippen molar-refractivity contribution in [3.05, 3.63) is 46.9 Å². The van der Waals surface area contributed by atoms with E-state index in [1.807, 2.05) is 4.90 Å². The van der Waals surface area contributed by atoms with Gasteiger partial charge in [-0.2, -0.15) is 5.26 Å². The fraction of sp³-hybridized carbons (Fsp3) is 0.400. The van der Waals surface area contributed by atoms with Gasteiger partial charge < -0.3 is 9.52 Å². The maximum atomic E-state index is 13.4. The molecule has 114 valence electrons. The summed E-state index contributed by atoms with van der Waals surface area (Å²) in [5, 5.41) is 26.9. The van der Waals surface area contributed by atoms with E-state index in [4.69, 9.17) is 9.68 Å². The topological polar surface area (TPSA) is 86.2 Å². The fourth-order valence-electron chi connectivity index (χ4n) is 2.78. The molecule has 1 aromatic carbocycles. The van der Waals surface area contributed by atoms with Crippen LogP contribution in [0.25, 0.3) is 0 Å². The normalized spacial score (nSPS) is 21.9. The minimum absolute atomic E-state index is 0.231. The highest BCUT2D eigenvalue weighted by Crippen LogP contribution is 2.33. The molecular weight excluding hydrogens is 287 g/mol. The minimum atomic E-state index is -0.517. The number of β-amino-alcohol motifs (C(OH)–C–C–N with tert-alkyl or cyclic N) is 1. The van der Waals surface area contributed by atoms with Crippen LogP contribution in [0.1, 0.15) is 35.4 Å². The second-order valence-corrected chi connectivity index (χ2v) is 5.41. The zero-order valence-corrected chi connectivity index (χ0v) is 12.0. The van der Waals surface area contributed by atoms with Crippen LogP contribution in [0.4, 0.5) is 4.39 Å². The largest absolute Gasteiger partial charge is 0.424 e. The lowest BCUT2D eigenvalue weighted by molar-refractivity contribution is 0.170. The molecule has 1 aromatic heterocycles. The molecule has 22 heavy (non-hydrogen) atoms. The maximum absolute atomic E-state index is 13.4. The fourth-order valence-corrected chi connectivity index (χ4v) is 2.78. The molecule has 3 rings (SSSR count). The number of hydrogen-bond donors (Lipinski definition) is 1. The molecule has 1 saturated heterocycles. The van der Waals surface area contributed by atoms with Crippen LogP contribution in [0, 0.1) is 24.1 Å². The van der Waals surface area contributed by atoms with Crippen molar-refractivity contribution in [1.29, 1.82) is 5.26 Å². The van der Waals surface area contributed by atoms with Gasteiger partial charge in [0.2, 0.25) is 11.8 Å². The summed E-state index contributed by atoms with van der Waals surface area (Å²) in [5.74, 6) is 0.503. The number of nitrogens with zero attached hydrogens (tertiary/aromatic N) is 4. The first kappa shape index (κ1) is 14.6. The van der Waals surface area contributed by atoms with Crippen molar-refractivity contribution in [2.24, 2.45) is 0 Å². The van der Waals surface area contributed by atoms with E-state index in [0.717, 1.165) is 0 Å². The molecular formula is C15H15FN4O2. The SMILES string of the molecule is Cc1nnc([C@H]2C[C@@H](O)CN2Cc2cc(F)ccc2C#N)o1. The Morgan fingerprint density at radius 2 is 2.32 bits per heavy atom. The van der Waals surface area contributed by atoms with E-state index in [2.05, 4.69) is 16.3 Å². The molecule has 1 N–H and O–H groups in total. The molecule has 1 aliphatic rings. The van der Waals surface area contributed by atoms with Gasteiger partial charge in [0.1, 0.15) is 5.82 Å². The molecule has 0 unspecified atom stereocenters. The van der Waals surface area contributed by atoms with Gasteiger partial charge in [0, 0.05) is 20.0 Å². The van der Waals surface area contributed by atoms with E-state index in [1.54, 1.807) is 6.92 Å². The molecule has 2 aromatic rings. The summed E-state index contributed by atoms with van der Waals surface area (Å²) in [6, 6.07) is 5.90.